The van der Waals surface area contributed by atoms with Crippen molar-refractivity contribution >= 4 is 11.7 Å². The highest BCUT2D eigenvalue weighted by molar-refractivity contribution is 5.70. The van der Waals surface area contributed by atoms with E-state index in [0.29, 0.717) is 6.04 Å². The molecule has 1 aromatic rings. The highest BCUT2D eigenvalue weighted by Gasteiger charge is 2.25. The molecule has 2 rings (SSSR count). The Morgan fingerprint density at radius 3 is 2.47 bits per heavy atom. The Kier molecular flexibility index (Phi) is 3.67. The van der Waals surface area contributed by atoms with E-state index < -0.39 is 5.97 Å². The van der Waals surface area contributed by atoms with Crippen molar-refractivity contribution in [1.82, 2.24) is 0 Å². The Bertz CT molecular complexity index is 395. The van der Waals surface area contributed by atoms with Gasteiger partial charge in [-0.2, -0.15) is 0 Å². The predicted octanol–water partition coefficient (Wildman–Crippen LogP) is 3.05. The lowest BCUT2D eigenvalue weighted by molar-refractivity contribution is -0.142. The van der Waals surface area contributed by atoms with E-state index in [1.807, 2.05) is 12.1 Å². The van der Waals surface area contributed by atoms with Gasteiger partial charge in [-0.05, 0) is 44.2 Å². The Morgan fingerprint density at radius 2 is 1.88 bits per heavy atom. The molecule has 0 bridgehead atoms. The van der Waals surface area contributed by atoms with E-state index in [9.17, 15) is 4.79 Å². The second-order valence-corrected chi connectivity index (χ2v) is 4.85. The number of para-hydroxylation sites is 1. The van der Waals surface area contributed by atoms with E-state index in [0.717, 1.165) is 25.7 Å². The summed E-state index contributed by atoms with van der Waals surface area (Å²) in [4.78, 5) is 10.9. The second-order valence-electron chi connectivity index (χ2n) is 4.85. The number of carbonyl (C=O) groups is 1. The molecule has 1 fully saturated rings. The van der Waals surface area contributed by atoms with Gasteiger partial charge in [0.25, 0.3) is 0 Å². The lowest BCUT2D eigenvalue weighted by atomic mass is 9.86. The zero-order valence-corrected chi connectivity index (χ0v) is 10.1. The van der Waals surface area contributed by atoms with E-state index in [1.54, 1.807) is 0 Å². The van der Waals surface area contributed by atoms with Crippen molar-refractivity contribution in [3.8, 4) is 0 Å². The third-order valence-corrected chi connectivity index (χ3v) is 3.58. The molecular weight excluding hydrogens is 214 g/mol. The molecule has 0 atom stereocenters. The molecule has 92 valence electrons. The van der Waals surface area contributed by atoms with E-state index in [-0.39, 0.29) is 5.92 Å². The summed E-state index contributed by atoms with van der Waals surface area (Å²) in [6.45, 7) is 2.09. The maximum Gasteiger partial charge on any atom is 0.306 e. The molecular formula is C14H19NO2. The summed E-state index contributed by atoms with van der Waals surface area (Å²) in [7, 11) is 0. The van der Waals surface area contributed by atoms with E-state index in [2.05, 4.69) is 24.4 Å². The standard InChI is InChI=1S/C14H19NO2/c1-10-4-2-3-5-13(10)15-12-8-6-11(7-9-12)14(16)17/h2-5,11-12,15H,6-9H2,1H3,(H,16,17). The maximum absolute atomic E-state index is 10.9. The fourth-order valence-electron chi connectivity index (χ4n) is 2.44. The minimum absolute atomic E-state index is 0.134. The van der Waals surface area contributed by atoms with Gasteiger partial charge in [-0.1, -0.05) is 18.2 Å². The van der Waals surface area contributed by atoms with Gasteiger partial charge in [-0.25, -0.2) is 0 Å². The van der Waals surface area contributed by atoms with E-state index in [1.165, 1.54) is 11.3 Å². The molecule has 0 saturated heterocycles. The van der Waals surface area contributed by atoms with Crippen LogP contribution < -0.4 is 5.32 Å². The number of benzene rings is 1. The summed E-state index contributed by atoms with van der Waals surface area (Å²) in [6.07, 6.45) is 3.48. The molecule has 0 heterocycles. The van der Waals surface area contributed by atoms with Gasteiger partial charge in [0.2, 0.25) is 0 Å². The Balaban J connectivity index is 1.90. The van der Waals surface area contributed by atoms with Crippen LogP contribution in [0.3, 0.4) is 0 Å². The van der Waals surface area contributed by atoms with Crippen LogP contribution in [-0.2, 0) is 4.79 Å². The Morgan fingerprint density at radius 1 is 1.24 bits per heavy atom. The SMILES string of the molecule is Cc1ccccc1NC1CCC(C(=O)O)CC1. The largest absolute Gasteiger partial charge is 0.481 e. The molecule has 3 nitrogen and oxygen atoms in total. The van der Waals surface area contributed by atoms with Crippen LogP contribution in [0.1, 0.15) is 31.2 Å². The summed E-state index contributed by atoms with van der Waals surface area (Å²) >= 11 is 0. The zero-order valence-electron chi connectivity index (χ0n) is 10.1. The number of nitrogens with one attached hydrogen (secondary N) is 1. The molecule has 2 N–H and O–H groups in total. The first kappa shape index (κ1) is 12.0. The van der Waals surface area contributed by atoms with Crippen molar-refractivity contribution in [1.29, 1.82) is 0 Å². The summed E-state index contributed by atoms with van der Waals surface area (Å²) in [5.74, 6) is -0.774. The van der Waals surface area contributed by atoms with Gasteiger partial charge in [0.1, 0.15) is 0 Å². The number of hydrogen-bond acceptors (Lipinski definition) is 2. The van der Waals surface area contributed by atoms with Crippen LogP contribution in [0, 0.1) is 12.8 Å². The molecule has 0 unspecified atom stereocenters. The number of aryl methyl sites for hydroxylation is 1. The van der Waals surface area contributed by atoms with Crippen molar-refractivity contribution in [3.63, 3.8) is 0 Å². The van der Waals surface area contributed by atoms with Crippen LogP contribution in [0.2, 0.25) is 0 Å². The van der Waals surface area contributed by atoms with Crippen LogP contribution in [0.4, 0.5) is 5.69 Å². The van der Waals surface area contributed by atoms with Crippen molar-refractivity contribution in [2.24, 2.45) is 5.92 Å². The molecule has 0 aromatic heterocycles. The molecule has 0 spiro atoms. The normalized spacial score (nSPS) is 24.3. The van der Waals surface area contributed by atoms with Gasteiger partial charge >= 0.3 is 5.97 Å². The van der Waals surface area contributed by atoms with Crippen LogP contribution in [0.5, 0.6) is 0 Å². The van der Waals surface area contributed by atoms with Gasteiger partial charge in [-0.15, -0.1) is 0 Å². The predicted molar refractivity (Wildman–Crippen MR) is 68.2 cm³/mol. The Labute approximate surface area is 102 Å². The lowest BCUT2D eigenvalue weighted by Gasteiger charge is -2.28. The topological polar surface area (TPSA) is 49.3 Å². The van der Waals surface area contributed by atoms with Crippen LogP contribution in [-0.4, -0.2) is 17.1 Å². The second kappa shape index (κ2) is 5.21. The molecule has 1 aliphatic rings. The minimum atomic E-state index is -0.639. The number of anilines is 1. The number of rotatable bonds is 3. The van der Waals surface area contributed by atoms with E-state index >= 15 is 0 Å². The summed E-state index contributed by atoms with van der Waals surface area (Å²) in [5, 5.41) is 12.5. The average molecular weight is 233 g/mol. The third kappa shape index (κ3) is 2.99. The third-order valence-electron chi connectivity index (χ3n) is 3.58. The smallest absolute Gasteiger partial charge is 0.306 e. The van der Waals surface area contributed by atoms with Gasteiger partial charge in [0.05, 0.1) is 5.92 Å². The van der Waals surface area contributed by atoms with Gasteiger partial charge in [-0.3, -0.25) is 4.79 Å². The fourth-order valence-corrected chi connectivity index (χ4v) is 2.44. The summed E-state index contributed by atoms with van der Waals surface area (Å²) in [5.41, 5.74) is 2.42. The Hall–Kier alpha value is -1.51. The lowest BCUT2D eigenvalue weighted by Crippen LogP contribution is -2.29. The minimum Gasteiger partial charge on any atom is -0.481 e. The van der Waals surface area contributed by atoms with E-state index in [4.69, 9.17) is 5.11 Å². The van der Waals surface area contributed by atoms with Crippen molar-refractivity contribution in [2.75, 3.05) is 5.32 Å². The van der Waals surface area contributed by atoms with Crippen LogP contribution in [0.25, 0.3) is 0 Å². The van der Waals surface area contributed by atoms with Crippen LogP contribution in [0.15, 0.2) is 24.3 Å². The molecule has 3 heteroatoms. The molecule has 1 aromatic carbocycles. The molecule has 1 aliphatic carbocycles. The first-order chi connectivity index (χ1) is 8.16. The first-order valence-electron chi connectivity index (χ1n) is 6.22. The van der Waals surface area contributed by atoms with Crippen molar-refractivity contribution in [3.05, 3.63) is 29.8 Å². The average Bonchev–Trinajstić information content (AvgIpc) is 2.33. The number of hydrogen-bond donors (Lipinski definition) is 2. The quantitative estimate of drug-likeness (QED) is 0.843. The molecule has 0 radical (unpaired) electrons. The molecule has 1 saturated carbocycles. The maximum atomic E-state index is 10.9. The number of carboxylic acids is 1. The van der Waals surface area contributed by atoms with Crippen molar-refractivity contribution in [2.45, 2.75) is 38.6 Å². The van der Waals surface area contributed by atoms with Crippen LogP contribution >= 0.6 is 0 Å². The number of aliphatic carboxylic acids is 1. The van der Waals surface area contributed by atoms with Crippen molar-refractivity contribution < 1.29 is 9.90 Å². The van der Waals surface area contributed by atoms with Gasteiger partial charge in [0.15, 0.2) is 0 Å². The summed E-state index contributed by atoms with van der Waals surface area (Å²) in [6, 6.07) is 8.65. The highest BCUT2D eigenvalue weighted by atomic mass is 16.4. The monoisotopic (exact) mass is 233 g/mol. The fraction of sp³-hybridized carbons (Fsp3) is 0.500. The van der Waals surface area contributed by atoms with Gasteiger partial charge in [0, 0.05) is 11.7 Å². The van der Waals surface area contributed by atoms with Gasteiger partial charge < -0.3 is 10.4 Å². The first-order valence-corrected chi connectivity index (χ1v) is 6.22. The number of carboxylic acid groups (broad SMARTS) is 1. The molecule has 0 amide bonds. The molecule has 17 heavy (non-hydrogen) atoms. The molecule has 0 aliphatic heterocycles. The highest BCUT2D eigenvalue weighted by Crippen LogP contribution is 2.27. The zero-order chi connectivity index (χ0) is 12.3. The summed E-state index contributed by atoms with van der Waals surface area (Å²) < 4.78 is 0.